The number of halogens is 2. The van der Waals surface area contributed by atoms with Crippen LogP contribution in [0.5, 0.6) is 0 Å². The molecule has 0 aliphatic heterocycles. The molecule has 1 aromatic carbocycles. The SMILES string of the molecule is CCc1cccc(C(=O)C(C)Br)c1I. The quantitative estimate of drug-likeness (QED) is 0.451. The van der Waals surface area contributed by atoms with E-state index in [0.717, 1.165) is 15.6 Å². The molecule has 0 aromatic heterocycles. The van der Waals surface area contributed by atoms with Crippen LogP contribution < -0.4 is 0 Å². The highest BCUT2D eigenvalue weighted by Crippen LogP contribution is 2.21. The Hall–Kier alpha value is 0.100. The first-order valence-electron chi connectivity index (χ1n) is 4.53. The molecular formula is C11H12BrIO. The zero-order chi connectivity index (χ0) is 10.7. The first-order valence-corrected chi connectivity index (χ1v) is 6.53. The average Bonchev–Trinajstić information content (AvgIpc) is 2.17. The lowest BCUT2D eigenvalue weighted by atomic mass is 10.0. The predicted molar refractivity (Wildman–Crippen MR) is 71.3 cm³/mol. The Balaban J connectivity index is 3.16. The van der Waals surface area contributed by atoms with Crippen LogP contribution in [0.4, 0.5) is 0 Å². The van der Waals surface area contributed by atoms with Crippen LogP contribution in [-0.2, 0) is 6.42 Å². The topological polar surface area (TPSA) is 17.1 Å². The maximum atomic E-state index is 11.8. The van der Waals surface area contributed by atoms with Crippen LogP contribution in [0.25, 0.3) is 0 Å². The Labute approximate surface area is 107 Å². The number of hydrogen-bond donors (Lipinski definition) is 0. The van der Waals surface area contributed by atoms with E-state index < -0.39 is 0 Å². The molecule has 1 atom stereocenters. The van der Waals surface area contributed by atoms with Crippen molar-refractivity contribution in [3.8, 4) is 0 Å². The van der Waals surface area contributed by atoms with Gasteiger partial charge in [0.05, 0.1) is 4.83 Å². The fourth-order valence-corrected chi connectivity index (χ4v) is 2.51. The zero-order valence-electron chi connectivity index (χ0n) is 8.18. The van der Waals surface area contributed by atoms with Gasteiger partial charge in [0, 0.05) is 9.13 Å². The molecule has 0 spiro atoms. The minimum atomic E-state index is -0.108. The largest absolute Gasteiger partial charge is 0.293 e. The smallest absolute Gasteiger partial charge is 0.177 e. The number of ketones is 1. The third kappa shape index (κ3) is 2.57. The number of carbonyl (C=O) groups is 1. The fourth-order valence-electron chi connectivity index (χ4n) is 1.26. The molecule has 0 fully saturated rings. The van der Waals surface area contributed by atoms with E-state index in [1.807, 2.05) is 19.1 Å². The highest BCUT2D eigenvalue weighted by Gasteiger charge is 2.15. The summed E-state index contributed by atoms with van der Waals surface area (Å²) in [6.07, 6.45) is 0.968. The lowest BCUT2D eigenvalue weighted by molar-refractivity contribution is 0.0995. The van der Waals surface area contributed by atoms with Crippen molar-refractivity contribution in [1.29, 1.82) is 0 Å². The van der Waals surface area contributed by atoms with Gasteiger partial charge in [-0.1, -0.05) is 41.1 Å². The molecule has 0 aliphatic carbocycles. The second-order valence-corrected chi connectivity index (χ2v) is 5.56. The number of hydrogen-bond acceptors (Lipinski definition) is 1. The molecule has 0 bridgehead atoms. The maximum Gasteiger partial charge on any atom is 0.177 e. The Bertz CT molecular complexity index is 347. The molecule has 3 heteroatoms. The summed E-state index contributed by atoms with van der Waals surface area (Å²) in [7, 11) is 0. The van der Waals surface area contributed by atoms with Crippen LogP contribution in [-0.4, -0.2) is 10.6 Å². The van der Waals surface area contributed by atoms with Gasteiger partial charge < -0.3 is 0 Å². The van der Waals surface area contributed by atoms with Gasteiger partial charge in [0.15, 0.2) is 5.78 Å². The lowest BCUT2D eigenvalue weighted by Crippen LogP contribution is -2.12. The van der Waals surface area contributed by atoms with Crippen molar-refractivity contribution in [2.24, 2.45) is 0 Å². The lowest BCUT2D eigenvalue weighted by Gasteiger charge is -2.08. The van der Waals surface area contributed by atoms with Crippen molar-refractivity contribution in [3.05, 3.63) is 32.9 Å². The Morgan fingerprint density at radius 1 is 1.57 bits per heavy atom. The van der Waals surface area contributed by atoms with Gasteiger partial charge in [-0.15, -0.1) is 0 Å². The van der Waals surface area contributed by atoms with Crippen molar-refractivity contribution >= 4 is 44.3 Å². The minimum absolute atomic E-state index is 0.108. The average molecular weight is 367 g/mol. The molecule has 1 aromatic rings. The predicted octanol–water partition coefficient (Wildman–Crippen LogP) is 3.82. The van der Waals surface area contributed by atoms with Crippen LogP contribution >= 0.6 is 38.5 Å². The molecule has 1 rings (SSSR count). The minimum Gasteiger partial charge on any atom is -0.293 e. The molecule has 0 radical (unpaired) electrons. The number of rotatable bonds is 3. The summed E-state index contributed by atoms with van der Waals surface area (Å²) in [6, 6.07) is 5.90. The molecule has 0 aliphatic rings. The number of carbonyl (C=O) groups excluding carboxylic acids is 1. The second kappa shape index (κ2) is 5.26. The molecule has 1 nitrogen and oxygen atoms in total. The van der Waals surface area contributed by atoms with Crippen molar-refractivity contribution in [1.82, 2.24) is 0 Å². The summed E-state index contributed by atoms with van der Waals surface area (Å²) in [5.41, 5.74) is 2.07. The Morgan fingerprint density at radius 3 is 2.71 bits per heavy atom. The van der Waals surface area contributed by atoms with Crippen LogP contribution in [0.1, 0.15) is 29.8 Å². The maximum absolute atomic E-state index is 11.8. The molecule has 0 heterocycles. The Morgan fingerprint density at radius 2 is 2.21 bits per heavy atom. The van der Waals surface area contributed by atoms with Crippen LogP contribution in [0.2, 0.25) is 0 Å². The molecule has 0 amide bonds. The number of Topliss-reactive ketones (excluding diaryl/α,β-unsaturated/α-hetero) is 1. The van der Waals surface area contributed by atoms with Crippen LogP contribution in [0.15, 0.2) is 18.2 Å². The number of alkyl halides is 1. The van der Waals surface area contributed by atoms with Crippen molar-refractivity contribution in [2.75, 3.05) is 0 Å². The van der Waals surface area contributed by atoms with E-state index in [1.54, 1.807) is 0 Å². The van der Waals surface area contributed by atoms with E-state index in [9.17, 15) is 4.79 Å². The van der Waals surface area contributed by atoms with Crippen molar-refractivity contribution in [3.63, 3.8) is 0 Å². The Kier molecular flexibility index (Phi) is 4.57. The van der Waals surface area contributed by atoms with Crippen molar-refractivity contribution < 1.29 is 4.79 Å². The van der Waals surface area contributed by atoms with Crippen LogP contribution in [0, 0.1) is 3.57 Å². The van der Waals surface area contributed by atoms with Gasteiger partial charge in [-0.2, -0.15) is 0 Å². The summed E-state index contributed by atoms with van der Waals surface area (Å²) in [5.74, 6) is 0.157. The summed E-state index contributed by atoms with van der Waals surface area (Å²) in [5, 5.41) is 0. The summed E-state index contributed by atoms with van der Waals surface area (Å²) < 4.78 is 1.09. The van der Waals surface area contributed by atoms with Gasteiger partial charge in [-0.05, 0) is 41.5 Å². The van der Waals surface area contributed by atoms with Crippen LogP contribution in [0.3, 0.4) is 0 Å². The van der Waals surface area contributed by atoms with E-state index in [-0.39, 0.29) is 10.6 Å². The summed E-state index contributed by atoms with van der Waals surface area (Å²) in [4.78, 5) is 11.7. The molecule has 0 saturated carbocycles. The van der Waals surface area contributed by atoms with Gasteiger partial charge in [0.25, 0.3) is 0 Å². The van der Waals surface area contributed by atoms with E-state index in [1.165, 1.54) is 5.56 Å². The zero-order valence-corrected chi connectivity index (χ0v) is 11.9. The molecule has 76 valence electrons. The molecule has 0 saturated heterocycles. The molecule has 0 N–H and O–H groups in total. The summed E-state index contributed by atoms with van der Waals surface area (Å²) >= 11 is 5.55. The fraction of sp³-hybridized carbons (Fsp3) is 0.364. The van der Waals surface area contributed by atoms with E-state index in [0.29, 0.717) is 0 Å². The normalized spacial score (nSPS) is 12.6. The number of aryl methyl sites for hydroxylation is 1. The van der Waals surface area contributed by atoms with Gasteiger partial charge in [-0.25, -0.2) is 0 Å². The molecular weight excluding hydrogens is 355 g/mol. The van der Waals surface area contributed by atoms with Gasteiger partial charge >= 0.3 is 0 Å². The standard InChI is InChI=1S/C11H12BrIO/c1-3-8-5-4-6-9(10(8)13)11(14)7(2)12/h4-7H,3H2,1-2H3. The monoisotopic (exact) mass is 366 g/mol. The highest BCUT2D eigenvalue weighted by atomic mass is 127. The van der Waals surface area contributed by atoms with E-state index in [2.05, 4.69) is 51.5 Å². The third-order valence-corrected chi connectivity index (χ3v) is 3.78. The first-order chi connectivity index (χ1) is 6.57. The molecule has 1 unspecified atom stereocenters. The highest BCUT2D eigenvalue weighted by molar-refractivity contribution is 14.1. The van der Waals surface area contributed by atoms with Crippen molar-refractivity contribution in [2.45, 2.75) is 25.1 Å². The summed E-state index contributed by atoms with van der Waals surface area (Å²) in [6.45, 7) is 3.96. The third-order valence-electron chi connectivity index (χ3n) is 2.09. The van der Waals surface area contributed by atoms with E-state index in [4.69, 9.17) is 0 Å². The number of benzene rings is 1. The molecule has 14 heavy (non-hydrogen) atoms. The van der Waals surface area contributed by atoms with Gasteiger partial charge in [-0.3, -0.25) is 4.79 Å². The second-order valence-electron chi connectivity index (χ2n) is 3.11. The first kappa shape index (κ1) is 12.2. The van der Waals surface area contributed by atoms with Gasteiger partial charge in [0.1, 0.15) is 0 Å². The van der Waals surface area contributed by atoms with Gasteiger partial charge in [0.2, 0.25) is 0 Å². The van der Waals surface area contributed by atoms with E-state index >= 15 is 0 Å².